The van der Waals surface area contributed by atoms with Crippen LogP contribution >= 0.6 is 0 Å². The predicted octanol–water partition coefficient (Wildman–Crippen LogP) is 0.638. The van der Waals surface area contributed by atoms with E-state index >= 15 is 0 Å². The molecule has 0 aromatic heterocycles. The minimum Gasteiger partial charge on any atom is -0.507 e. The van der Waals surface area contributed by atoms with Crippen molar-refractivity contribution in [1.82, 2.24) is 0 Å². The Morgan fingerprint density at radius 2 is 2.12 bits per heavy atom. The fraction of sp³-hybridized carbons (Fsp3) is 0.364. The lowest BCUT2D eigenvalue weighted by Crippen LogP contribution is -2.21. The number of aromatic hydroxyl groups is 1. The topological polar surface area (TPSA) is 102 Å². The van der Waals surface area contributed by atoms with Crippen LogP contribution in [-0.4, -0.2) is 29.4 Å². The lowest BCUT2D eigenvalue weighted by molar-refractivity contribution is -0.137. The van der Waals surface area contributed by atoms with E-state index in [-0.39, 0.29) is 17.7 Å². The summed E-state index contributed by atoms with van der Waals surface area (Å²) in [5, 5.41) is 18.4. The number of ether oxygens (including phenoxy) is 2. The van der Waals surface area contributed by atoms with Crippen molar-refractivity contribution in [3.8, 4) is 17.2 Å². The van der Waals surface area contributed by atoms with Gasteiger partial charge in [-0.05, 0) is 12.1 Å². The van der Waals surface area contributed by atoms with Crippen molar-refractivity contribution in [2.45, 2.75) is 12.5 Å². The molecular formula is C11H13NO5. The van der Waals surface area contributed by atoms with Crippen molar-refractivity contribution in [3.63, 3.8) is 0 Å². The van der Waals surface area contributed by atoms with Crippen LogP contribution in [0.1, 0.15) is 18.0 Å². The number of hydrogen-bond donors (Lipinski definition) is 3. The average Bonchev–Trinajstić information content (AvgIpc) is 2.27. The highest BCUT2D eigenvalue weighted by Gasteiger charge is 2.25. The Hall–Kier alpha value is -1.95. The van der Waals surface area contributed by atoms with Gasteiger partial charge in [0.25, 0.3) is 0 Å². The number of benzene rings is 1. The van der Waals surface area contributed by atoms with Gasteiger partial charge in [-0.1, -0.05) is 0 Å². The molecule has 1 aromatic carbocycles. The summed E-state index contributed by atoms with van der Waals surface area (Å²) in [6, 6.07) is 2.16. The number of hydrogen-bond acceptors (Lipinski definition) is 5. The molecule has 1 aliphatic rings. The molecule has 0 aliphatic carbocycles. The summed E-state index contributed by atoms with van der Waals surface area (Å²) in [6.45, 7) is 0.772. The van der Waals surface area contributed by atoms with Crippen molar-refractivity contribution >= 4 is 5.97 Å². The molecule has 0 fully saturated rings. The standard InChI is InChI=1S/C11H13NO5/c12-6(5-9(14)15)10-7(13)1-2-8-11(10)17-4-3-16-8/h1-2,6,13H,3-5,12H2,(H,14,15). The van der Waals surface area contributed by atoms with Crippen molar-refractivity contribution in [2.75, 3.05) is 13.2 Å². The van der Waals surface area contributed by atoms with Crippen molar-refractivity contribution in [1.29, 1.82) is 0 Å². The molecule has 1 aromatic rings. The van der Waals surface area contributed by atoms with Crippen LogP contribution in [0.5, 0.6) is 17.2 Å². The van der Waals surface area contributed by atoms with Crippen LogP contribution in [0.2, 0.25) is 0 Å². The largest absolute Gasteiger partial charge is 0.507 e. The molecule has 92 valence electrons. The summed E-state index contributed by atoms with van der Waals surface area (Å²) >= 11 is 0. The molecule has 6 nitrogen and oxygen atoms in total. The molecule has 0 spiro atoms. The summed E-state index contributed by atoms with van der Waals surface area (Å²) < 4.78 is 10.7. The van der Waals surface area contributed by atoms with Crippen molar-refractivity contribution in [3.05, 3.63) is 17.7 Å². The zero-order valence-electron chi connectivity index (χ0n) is 9.05. The molecule has 1 unspecified atom stereocenters. The highest BCUT2D eigenvalue weighted by Crippen LogP contribution is 2.42. The first-order valence-corrected chi connectivity index (χ1v) is 5.18. The molecule has 2 rings (SSSR count). The predicted molar refractivity (Wildman–Crippen MR) is 58.3 cm³/mol. The van der Waals surface area contributed by atoms with Crippen LogP contribution in [0, 0.1) is 0 Å². The molecule has 4 N–H and O–H groups in total. The van der Waals surface area contributed by atoms with Crippen LogP contribution in [0.3, 0.4) is 0 Å². The molecular weight excluding hydrogens is 226 g/mol. The Morgan fingerprint density at radius 3 is 2.82 bits per heavy atom. The SMILES string of the molecule is NC(CC(=O)O)c1c(O)ccc2c1OCCO2. The zero-order valence-corrected chi connectivity index (χ0v) is 9.05. The number of rotatable bonds is 3. The van der Waals surface area contributed by atoms with Gasteiger partial charge in [0.15, 0.2) is 11.5 Å². The number of carboxylic acids is 1. The molecule has 0 radical (unpaired) electrons. The first-order valence-electron chi connectivity index (χ1n) is 5.18. The smallest absolute Gasteiger partial charge is 0.305 e. The second kappa shape index (κ2) is 4.50. The van der Waals surface area contributed by atoms with Gasteiger partial charge in [-0.3, -0.25) is 4.79 Å². The Labute approximate surface area is 97.6 Å². The molecule has 0 bridgehead atoms. The van der Waals surface area contributed by atoms with Crippen molar-refractivity contribution < 1.29 is 24.5 Å². The minimum absolute atomic E-state index is 0.0806. The third kappa shape index (κ3) is 2.26. The lowest BCUT2D eigenvalue weighted by Gasteiger charge is -2.23. The van der Waals surface area contributed by atoms with E-state index in [9.17, 15) is 9.90 Å². The molecule has 1 atom stereocenters. The van der Waals surface area contributed by atoms with E-state index in [0.29, 0.717) is 24.7 Å². The zero-order chi connectivity index (χ0) is 12.4. The van der Waals surface area contributed by atoms with Gasteiger partial charge in [-0.25, -0.2) is 0 Å². The van der Waals surface area contributed by atoms with Crippen LogP contribution in [0.15, 0.2) is 12.1 Å². The van der Waals surface area contributed by atoms with E-state index in [0.717, 1.165) is 0 Å². The number of carboxylic acid groups (broad SMARTS) is 1. The highest BCUT2D eigenvalue weighted by atomic mass is 16.6. The van der Waals surface area contributed by atoms with Crippen molar-refractivity contribution in [2.24, 2.45) is 5.73 Å². The van der Waals surface area contributed by atoms with Crippen LogP contribution in [-0.2, 0) is 4.79 Å². The van der Waals surface area contributed by atoms with Gasteiger partial charge in [-0.15, -0.1) is 0 Å². The number of nitrogens with two attached hydrogens (primary N) is 1. The van der Waals surface area contributed by atoms with Gasteiger partial charge in [-0.2, -0.15) is 0 Å². The molecule has 0 amide bonds. The molecule has 1 heterocycles. The highest BCUT2D eigenvalue weighted by molar-refractivity contribution is 5.69. The Morgan fingerprint density at radius 1 is 1.41 bits per heavy atom. The molecule has 17 heavy (non-hydrogen) atoms. The van der Waals surface area contributed by atoms with E-state index in [4.69, 9.17) is 20.3 Å². The maximum atomic E-state index is 10.6. The van der Waals surface area contributed by atoms with E-state index in [2.05, 4.69) is 0 Å². The summed E-state index contributed by atoms with van der Waals surface area (Å²) in [5.74, 6) is -0.302. The van der Waals surface area contributed by atoms with Gasteiger partial charge in [0.2, 0.25) is 0 Å². The average molecular weight is 239 g/mol. The monoisotopic (exact) mass is 239 g/mol. The molecule has 6 heteroatoms. The van der Waals surface area contributed by atoms with E-state index < -0.39 is 12.0 Å². The quantitative estimate of drug-likeness (QED) is 0.715. The van der Waals surface area contributed by atoms with Gasteiger partial charge in [0, 0.05) is 6.04 Å². The number of phenolic OH excluding ortho intramolecular Hbond substituents is 1. The first-order chi connectivity index (χ1) is 8.09. The Kier molecular flexibility index (Phi) is 3.06. The number of fused-ring (bicyclic) bond motifs is 1. The Balaban J connectivity index is 2.40. The summed E-state index contributed by atoms with van der Waals surface area (Å²) in [5.41, 5.74) is 6.03. The Bertz CT molecular complexity index is 446. The summed E-state index contributed by atoms with van der Waals surface area (Å²) in [4.78, 5) is 10.6. The second-order valence-electron chi connectivity index (χ2n) is 3.73. The maximum Gasteiger partial charge on any atom is 0.305 e. The normalized spacial score (nSPS) is 15.4. The maximum absolute atomic E-state index is 10.6. The fourth-order valence-corrected chi connectivity index (χ4v) is 1.78. The van der Waals surface area contributed by atoms with E-state index in [1.807, 2.05) is 0 Å². The summed E-state index contributed by atoms with van der Waals surface area (Å²) in [7, 11) is 0. The van der Waals surface area contributed by atoms with Gasteiger partial charge in [0.05, 0.1) is 12.0 Å². The molecule has 0 saturated heterocycles. The fourth-order valence-electron chi connectivity index (χ4n) is 1.78. The van der Waals surface area contributed by atoms with Crippen LogP contribution in [0.25, 0.3) is 0 Å². The lowest BCUT2D eigenvalue weighted by atomic mass is 10.0. The van der Waals surface area contributed by atoms with E-state index in [1.165, 1.54) is 6.07 Å². The number of carbonyl (C=O) groups is 1. The third-order valence-corrected chi connectivity index (χ3v) is 2.49. The van der Waals surface area contributed by atoms with Crippen LogP contribution in [0.4, 0.5) is 0 Å². The minimum atomic E-state index is -1.04. The van der Waals surface area contributed by atoms with Crippen LogP contribution < -0.4 is 15.2 Å². The number of phenols is 1. The van der Waals surface area contributed by atoms with Gasteiger partial charge >= 0.3 is 5.97 Å². The first kappa shape index (κ1) is 11.5. The van der Waals surface area contributed by atoms with E-state index in [1.54, 1.807) is 6.07 Å². The van der Waals surface area contributed by atoms with Gasteiger partial charge in [0.1, 0.15) is 19.0 Å². The van der Waals surface area contributed by atoms with Gasteiger partial charge < -0.3 is 25.4 Å². The third-order valence-electron chi connectivity index (χ3n) is 2.49. The summed E-state index contributed by atoms with van der Waals surface area (Å²) in [6.07, 6.45) is -0.284. The molecule has 1 aliphatic heterocycles. The number of aliphatic carboxylic acids is 1. The molecule has 0 saturated carbocycles. The second-order valence-corrected chi connectivity index (χ2v) is 3.73.